The van der Waals surface area contributed by atoms with Gasteiger partial charge in [-0.25, -0.2) is 0 Å². The Kier molecular flexibility index (Phi) is 4.82. The molecule has 0 fully saturated rings. The number of hydrogen-bond donors (Lipinski definition) is 0. The van der Waals surface area contributed by atoms with E-state index in [4.69, 9.17) is 14.2 Å². The molecule has 2 heterocycles. The third-order valence-electron chi connectivity index (χ3n) is 5.24. The molecule has 0 amide bonds. The fourth-order valence-electron chi connectivity index (χ4n) is 3.87. The van der Waals surface area contributed by atoms with Gasteiger partial charge in [0.15, 0.2) is 11.5 Å². The number of aromatic nitrogens is 1. The van der Waals surface area contributed by atoms with Crippen LogP contribution in [0, 0.1) is 6.92 Å². The van der Waals surface area contributed by atoms with Gasteiger partial charge in [0, 0.05) is 29.3 Å². The van der Waals surface area contributed by atoms with Gasteiger partial charge in [0.2, 0.25) is 0 Å². The molecule has 0 spiro atoms. The standard InChI is InChI=1S/C23H23NO4/c1-15-20(28-14-16-7-5-4-6-8-16)13-21(25)24-12-11-18-17(22(15)24)9-10-19(26-2)23(18)27-3/h4-10,13H,11-12,14H2,1-3H3. The summed E-state index contributed by atoms with van der Waals surface area (Å²) >= 11 is 0. The number of methoxy groups -OCH3 is 2. The smallest absolute Gasteiger partial charge is 0.254 e. The maximum atomic E-state index is 12.8. The molecule has 2 aromatic carbocycles. The van der Waals surface area contributed by atoms with Gasteiger partial charge in [-0.15, -0.1) is 0 Å². The third kappa shape index (κ3) is 3.03. The summed E-state index contributed by atoms with van der Waals surface area (Å²) in [6.07, 6.45) is 0.715. The average molecular weight is 377 g/mol. The summed E-state index contributed by atoms with van der Waals surface area (Å²) in [7, 11) is 3.28. The number of rotatable bonds is 5. The van der Waals surface area contributed by atoms with Crippen molar-refractivity contribution < 1.29 is 14.2 Å². The molecule has 0 aliphatic carbocycles. The van der Waals surface area contributed by atoms with Crippen molar-refractivity contribution in [2.75, 3.05) is 14.2 Å². The van der Waals surface area contributed by atoms with Gasteiger partial charge >= 0.3 is 0 Å². The van der Waals surface area contributed by atoms with Crippen LogP contribution < -0.4 is 19.8 Å². The lowest BCUT2D eigenvalue weighted by Gasteiger charge is -2.27. The molecular formula is C23H23NO4. The Balaban J connectivity index is 1.80. The lowest BCUT2D eigenvalue weighted by atomic mass is 9.93. The Morgan fingerprint density at radius 2 is 1.79 bits per heavy atom. The summed E-state index contributed by atoms with van der Waals surface area (Å²) in [6, 6.07) is 15.4. The molecule has 1 aromatic heterocycles. The first-order valence-electron chi connectivity index (χ1n) is 9.29. The van der Waals surface area contributed by atoms with Gasteiger partial charge in [0.25, 0.3) is 5.56 Å². The van der Waals surface area contributed by atoms with E-state index in [0.717, 1.165) is 33.7 Å². The summed E-state index contributed by atoms with van der Waals surface area (Å²) in [6.45, 7) is 3.02. The molecule has 1 aliphatic rings. The molecule has 0 N–H and O–H groups in total. The topological polar surface area (TPSA) is 49.7 Å². The zero-order valence-electron chi connectivity index (χ0n) is 16.3. The van der Waals surface area contributed by atoms with Gasteiger partial charge in [0.05, 0.1) is 19.9 Å². The molecule has 3 aromatic rings. The van der Waals surface area contributed by atoms with Gasteiger partial charge in [0.1, 0.15) is 12.4 Å². The van der Waals surface area contributed by atoms with Gasteiger partial charge in [-0.1, -0.05) is 30.3 Å². The van der Waals surface area contributed by atoms with Crippen LogP contribution in [-0.4, -0.2) is 18.8 Å². The molecule has 0 unspecified atom stereocenters. The molecule has 5 nitrogen and oxygen atoms in total. The number of nitrogens with zero attached hydrogens (tertiary/aromatic N) is 1. The third-order valence-corrected chi connectivity index (χ3v) is 5.24. The monoisotopic (exact) mass is 377 g/mol. The molecule has 0 saturated heterocycles. The highest BCUT2D eigenvalue weighted by Crippen LogP contribution is 2.42. The van der Waals surface area contributed by atoms with Crippen molar-refractivity contribution in [1.82, 2.24) is 4.57 Å². The van der Waals surface area contributed by atoms with Crippen LogP contribution >= 0.6 is 0 Å². The van der Waals surface area contributed by atoms with E-state index >= 15 is 0 Å². The quantitative estimate of drug-likeness (QED) is 0.675. The van der Waals surface area contributed by atoms with Gasteiger partial charge in [-0.3, -0.25) is 4.79 Å². The van der Waals surface area contributed by atoms with Crippen LogP contribution in [0.3, 0.4) is 0 Å². The molecule has 0 bridgehead atoms. The highest BCUT2D eigenvalue weighted by atomic mass is 16.5. The number of benzene rings is 2. The fourth-order valence-corrected chi connectivity index (χ4v) is 3.87. The van der Waals surface area contributed by atoms with Crippen LogP contribution in [0.1, 0.15) is 16.7 Å². The summed E-state index contributed by atoms with van der Waals surface area (Å²) in [5.41, 5.74) is 4.89. The normalized spacial score (nSPS) is 12.1. The number of ether oxygens (including phenoxy) is 3. The van der Waals surface area contributed by atoms with Crippen molar-refractivity contribution in [2.24, 2.45) is 0 Å². The van der Waals surface area contributed by atoms with Crippen molar-refractivity contribution >= 4 is 0 Å². The minimum Gasteiger partial charge on any atom is -0.493 e. The van der Waals surface area contributed by atoms with E-state index in [-0.39, 0.29) is 5.56 Å². The van der Waals surface area contributed by atoms with Gasteiger partial charge in [-0.2, -0.15) is 0 Å². The van der Waals surface area contributed by atoms with E-state index in [1.807, 2.05) is 54.0 Å². The Hall–Kier alpha value is -3.21. The molecule has 28 heavy (non-hydrogen) atoms. The first kappa shape index (κ1) is 18.2. The maximum Gasteiger partial charge on any atom is 0.254 e. The van der Waals surface area contributed by atoms with Crippen LogP contribution in [0.25, 0.3) is 11.3 Å². The predicted molar refractivity (Wildman–Crippen MR) is 108 cm³/mol. The second kappa shape index (κ2) is 7.43. The van der Waals surface area contributed by atoms with Gasteiger partial charge in [-0.05, 0) is 31.0 Å². The zero-order chi connectivity index (χ0) is 19.7. The van der Waals surface area contributed by atoms with Crippen molar-refractivity contribution in [3.8, 4) is 28.5 Å². The SMILES string of the molecule is COc1ccc2c(c1OC)CCn1c-2c(C)c(OCc2ccccc2)cc1=O. The fraction of sp³-hybridized carbons (Fsp3) is 0.261. The first-order valence-corrected chi connectivity index (χ1v) is 9.29. The van der Waals surface area contributed by atoms with E-state index in [9.17, 15) is 4.79 Å². The molecule has 4 rings (SSSR count). The number of pyridine rings is 1. The average Bonchev–Trinajstić information content (AvgIpc) is 2.74. The van der Waals surface area contributed by atoms with E-state index < -0.39 is 0 Å². The van der Waals surface area contributed by atoms with Gasteiger partial charge < -0.3 is 18.8 Å². The van der Waals surface area contributed by atoms with E-state index in [2.05, 4.69) is 0 Å². The Labute approximate surface area is 164 Å². The first-order chi connectivity index (χ1) is 13.6. The van der Waals surface area contributed by atoms with Crippen LogP contribution in [-0.2, 0) is 19.6 Å². The molecule has 1 aliphatic heterocycles. The summed E-state index contributed by atoms with van der Waals surface area (Å²) < 4.78 is 18.9. The predicted octanol–water partition coefficient (Wildman–Crippen LogP) is 3.98. The second-order valence-electron chi connectivity index (χ2n) is 6.82. The highest BCUT2D eigenvalue weighted by Gasteiger charge is 2.25. The number of fused-ring (bicyclic) bond motifs is 3. The Morgan fingerprint density at radius 1 is 1.00 bits per heavy atom. The number of hydrogen-bond acceptors (Lipinski definition) is 4. The van der Waals surface area contributed by atoms with Crippen LogP contribution in [0.2, 0.25) is 0 Å². The Morgan fingerprint density at radius 3 is 2.50 bits per heavy atom. The highest BCUT2D eigenvalue weighted by molar-refractivity contribution is 5.75. The molecule has 0 atom stereocenters. The molecule has 0 radical (unpaired) electrons. The van der Waals surface area contributed by atoms with E-state index in [1.165, 1.54) is 0 Å². The Bertz CT molecular complexity index is 1070. The minimum absolute atomic E-state index is 0.0518. The van der Waals surface area contributed by atoms with Crippen molar-refractivity contribution in [3.05, 3.63) is 75.6 Å². The van der Waals surface area contributed by atoms with Crippen LogP contribution in [0.5, 0.6) is 17.2 Å². The summed E-state index contributed by atoms with van der Waals surface area (Å²) in [5.74, 6) is 2.04. The maximum absolute atomic E-state index is 12.8. The second-order valence-corrected chi connectivity index (χ2v) is 6.82. The van der Waals surface area contributed by atoms with E-state index in [0.29, 0.717) is 31.1 Å². The molecule has 144 valence electrons. The molecule has 5 heteroatoms. The molecule has 0 saturated carbocycles. The molecular weight excluding hydrogens is 354 g/mol. The van der Waals surface area contributed by atoms with Crippen molar-refractivity contribution in [3.63, 3.8) is 0 Å². The van der Waals surface area contributed by atoms with Crippen molar-refractivity contribution in [2.45, 2.75) is 26.5 Å². The summed E-state index contributed by atoms with van der Waals surface area (Å²) in [5, 5.41) is 0. The van der Waals surface area contributed by atoms with E-state index in [1.54, 1.807) is 20.3 Å². The lowest BCUT2D eigenvalue weighted by Crippen LogP contribution is -2.27. The van der Waals surface area contributed by atoms with Crippen molar-refractivity contribution in [1.29, 1.82) is 0 Å². The summed E-state index contributed by atoms with van der Waals surface area (Å²) in [4.78, 5) is 12.8. The van der Waals surface area contributed by atoms with Crippen LogP contribution in [0.15, 0.2) is 53.3 Å². The minimum atomic E-state index is -0.0518. The zero-order valence-corrected chi connectivity index (χ0v) is 16.3. The lowest BCUT2D eigenvalue weighted by molar-refractivity contribution is 0.302. The largest absolute Gasteiger partial charge is 0.493 e. The van der Waals surface area contributed by atoms with Crippen LogP contribution in [0.4, 0.5) is 0 Å².